The fraction of sp³-hybridized carbons (Fsp3) is 0.526. The fourth-order valence-electron chi connectivity index (χ4n) is 3.38. The number of alkyl halides is 2. The molecule has 2 aromatic heterocycles. The van der Waals surface area contributed by atoms with Gasteiger partial charge in [-0.3, -0.25) is 18.8 Å². The number of aromatic nitrogens is 3. The van der Waals surface area contributed by atoms with Crippen LogP contribution in [0.5, 0.6) is 0 Å². The topological polar surface area (TPSA) is 63.4 Å². The third-order valence-corrected chi connectivity index (χ3v) is 4.98. The Kier molecular flexibility index (Phi) is 5.81. The van der Waals surface area contributed by atoms with E-state index < -0.39 is 12.5 Å². The molecule has 0 saturated carbocycles. The summed E-state index contributed by atoms with van der Waals surface area (Å²) in [7, 11) is 0. The van der Waals surface area contributed by atoms with E-state index in [1.54, 1.807) is 33.8 Å². The first-order valence-electron chi connectivity index (χ1n) is 9.38. The smallest absolute Gasteiger partial charge is 0.319 e. The van der Waals surface area contributed by atoms with Crippen molar-refractivity contribution in [1.82, 2.24) is 24.1 Å². The first-order chi connectivity index (χ1) is 13.3. The second-order valence-electron chi connectivity index (χ2n) is 7.25. The highest BCUT2D eigenvalue weighted by Crippen LogP contribution is 2.21. The van der Waals surface area contributed by atoms with Gasteiger partial charge in [0, 0.05) is 44.1 Å². The zero-order valence-corrected chi connectivity index (χ0v) is 16.3. The van der Waals surface area contributed by atoms with Crippen molar-refractivity contribution in [2.75, 3.05) is 26.2 Å². The van der Waals surface area contributed by atoms with Crippen LogP contribution in [-0.2, 0) is 0 Å². The Bertz CT molecular complexity index is 858. The number of aryl methyl sites for hydroxylation is 1. The van der Waals surface area contributed by atoms with Gasteiger partial charge in [-0.05, 0) is 39.3 Å². The number of carbonyl (C=O) groups is 2. The molecule has 0 bridgehead atoms. The lowest BCUT2D eigenvalue weighted by Crippen LogP contribution is -2.38. The number of halogens is 2. The van der Waals surface area contributed by atoms with Crippen molar-refractivity contribution < 1.29 is 18.4 Å². The van der Waals surface area contributed by atoms with Crippen LogP contribution in [0.1, 0.15) is 59.4 Å². The summed E-state index contributed by atoms with van der Waals surface area (Å²) in [6.45, 7) is 4.31. The van der Waals surface area contributed by atoms with Gasteiger partial charge >= 0.3 is 6.55 Å². The van der Waals surface area contributed by atoms with Crippen LogP contribution < -0.4 is 0 Å². The largest absolute Gasteiger partial charge is 0.337 e. The van der Waals surface area contributed by atoms with Gasteiger partial charge in [0.25, 0.3) is 11.8 Å². The monoisotopic (exact) mass is 393 g/mol. The van der Waals surface area contributed by atoms with E-state index in [4.69, 9.17) is 0 Å². The molecule has 0 radical (unpaired) electrons. The van der Waals surface area contributed by atoms with Crippen LogP contribution in [0.4, 0.5) is 8.78 Å². The Morgan fingerprint density at radius 3 is 2.25 bits per heavy atom. The molecule has 7 nitrogen and oxygen atoms in total. The molecule has 9 heteroatoms. The Balaban J connectivity index is 1.69. The summed E-state index contributed by atoms with van der Waals surface area (Å²) >= 11 is 0. The van der Waals surface area contributed by atoms with E-state index >= 15 is 0 Å². The van der Waals surface area contributed by atoms with Crippen LogP contribution in [0, 0.1) is 6.92 Å². The predicted octanol–water partition coefficient (Wildman–Crippen LogP) is 2.96. The molecule has 152 valence electrons. The highest BCUT2D eigenvalue weighted by molar-refractivity contribution is 5.94. The van der Waals surface area contributed by atoms with Gasteiger partial charge in [0.2, 0.25) is 0 Å². The van der Waals surface area contributed by atoms with E-state index in [0.29, 0.717) is 43.9 Å². The van der Waals surface area contributed by atoms with Crippen molar-refractivity contribution in [1.29, 1.82) is 0 Å². The second kappa shape index (κ2) is 8.12. The molecule has 0 spiro atoms. The molecule has 2 aromatic rings. The lowest BCUT2D eigenvalue weighted by molar-refractivity contribution is 0.0552. The number of nitrogens with zero attached hydrogens (tertiary/aromatic N) is 5. The predicted molar refractivity (Wildman–Crippen MR) is 99.5 cm³/mol. The SMILES string of the molecule is Cc1ccc(C(=O)N2CCCN(C(=O)c3cnn(C(C)C)c3)CC2)n1C(F)F. The molecule has 3 rings (SSSR count). The van der Waals surface area contributed by atoms with E-state index in [2.05, 4.69) is 5.10 Å². The van der Waals surface area contributed by atoms with Gasteiger partial charge in [0.15, 0.2) is 0 Å². The van der Waals surface area contributed by atoms with E-state index in [1.807, 2.05) is 13.8 Å². The van der Waals surface area contributed by atoms with Crippen molar-refractivity contribution in [2.24, 2.45) is 0 Å². The van der Waals surface area contributed by atoms with Gasteiger partial charge in [-0.25, -0.2) is 0 Å². The van der Waals surface area contributed by atoms with Gasteiger partial charge in [0.1, 0.15) is 5.69 Å². The Labute approximate surface area is 162 Å². The molecular weight excluding hydrogens is 368 g/mol. The average Bonchev–Trinajstić information content (AvgIpc) is 3.21. The van der Waals surface area contributed by atoms with Crippen molar-refractivity contribution in [2.45, 2.75) is 39.8 Å². The molecule has 0 unspecified atom stereocenters. The zero-order chi connectivity index (χ0) is 20.4. The summed E-state index contributed by atoms with van der Waals surface area (Å²) in [5, 5.41) is 4.20. The molecule has 0 atom stereocenters. The Morgan fingerprint density at radius 2 is 1.68 bits per heavy atom. The van der Waals surface area contributed by atoms with Crippen LogP contribution in [0.3, 0.4) is 0 Å². The number of carbonyl (C=O) groups excluding carboxylic acids is 2. The van der Waals surface area contributed by atoms with Crippen LogP contribution in [0.2, 0.25) is 0 Å². The fourth-order valence-corrected chi connectivity index (χ4v) is 3.38. The molecule has 1 aliphatic heterocycles. The molecule has 1 fully saturated rings. The molecule has 0 aromatic carbocycles. The lowest BCUT2D eigenvalue weighted by atomic mass is 10.3. The minimum Gasteiger partial charge on any atom is -0.337 e. The average molecular weight is 393 g/mol. The third kappa shape index (κ3) is 3.93. The maximum atomic E-state index is 13.3. The summed E-state index contributed by atoms with van der Waals surface area (Å²) < 4.78 is 29.0. The minimum absolute atomic E-state index is 0.0227. The molecule has 2 amide bonds. The van der Waals surface area contributed by atoms with Crippen LogP contribution >= 0.6 is 0 Å². The van der Waals surface area contributed by atoms with Gasteiger partial charge < -0.3 is 9.80 Å². The van der Waals surface area contributed by atoms with Crippen LogP contribution in [0.15, 0.2) is 24.5 Å². The molecule has 1 aliphatic rings. The van der Waals surface area contributed by atoms with E-state index in [-0.39, 0.29) is 17.6 Å². The molecule has 0 N–H and O–H groups in total. The number of hydrogen-bond acceptors (Lipinski definition) is 3. The van der Waals surface area contributed by atoms with E-state index in [0.717, 1.165) is 4.57 Å². The van der Waals surface area contributed by atoms with Crippen LogP contribution in [-0.4, -0.2) is 62.1 Å². The zero-order valence-electron chi connectivity index (χ0n) is 16.3. The molecule has 1 saturated heterocycles. The molecule has 0 aliphatic carbocycles. The summed E-state index contributed by atoms with van der Waals surface area (Å²) in [6.07, 6.45) is 3.86. The Hall–Kier alpha value is -2.71. The normalized spacial score (nSPS) is 15.4. The molecular formula is C19H25F2N5O2. The van der Waals surface area contributed by atoms with Crippen molar-refractivity contribution in [3.8, 4) is 0 Å². The summed E-state index contributed by atoms with van der Waals surface area (Å²) in [4.78, 5) is 28.7. The number of rotatable bonds is 4. The molecule has 28 heavy (non-hydrogen) atoms. The van der Waals surface area contributed by atoms with E-state index in [1.165, 1.54) is 12.1 Å². The summed E-state index contributed by atoms with van der Waals surface area (Å²) in [5.74, 6) is -0.566. The first kappa shape index (κ1) is 20.0. The van der Waals surface area contributed by atoms with Gasteiger partial charge in [-0.2, -0.15) is 13.9 Å². The number of hydrogen-bond donors (Lipinski definition) is 0. The maximum absolute atomic E-state index is 13.3. The molecule has 3 heterocycles. The second-order valence-corrected chi connectivity index (χ2v) is 7.25. The first-order valence-corrected chi connectivity index (χ1v) is 9.38. The summed E-state index contributed by atoms with van der Waals surface area (Å²) in [6, 6.07) is 3.10. The van der Waals surface area contributed by atoms with Crippen molar-refractivity contribution >= 4 is 11.8 Å². The lowest BCUT2D eigenvalue weighted by Gasteiger charge is -2.22. The van der Waals surface area contributed by atoms with Gasteiger partial charge in [-0.1, -0.05) is 0 Å². The van der Waals surface area contributed by atoms with Crippen molar-refractivity contribution in [3.05, 3.63) is 41.5 Å². The van der Waals surface area contributed by atoms with E-state index in [9.17, 15) is 18.4 Å². The van der Waals surface area contributed by atoms with Crippen LogP contribution in [0.25, 0.3) is 0 Å². The number of amides is 2. The maximum Gasteiger partial charge on any atom is 0.319 e. The Morgan fingerprint density at radius 1 is 1.04 bits per heavy atom. The standard InChI is InChI=1S/C19H25F2N5O2/c1-13(2)25-12-15(11-22-25)17(27)23-7-4-8-24(10-9-23)18(28)16-6-5-14(3)26(16)19(20)21/h5-6,11-13,19H,4,7-10H2,1-3H3. The van der Waals surface area contributed by atoms with Gasteiger partial charge in [-0.15, -0.1) is 0 Å². The minimum atomic E-state index is -2.77. The third-order valence-electron chi connectivity index (χ3n) is 4.98. The van der Waals surface area contributed by atoms with Crippen molar-refractivity contribution in [3.63, 3.8) is 0 Å². The highest BCUT2D eigenvalue weighted by Gasteiger charge is 2.27. The quantitative estimate of drug-likeness (QED) is 0.802. The summed E-state index contributed by atoms with van der Waals surface area (Å²) in [5.41, 5.74) is 0.827. The highest BCUT2D eigenvalue weighted by atomic mass is 19.3. The van der Waals surface area contributed by atoms with Gasteiger partial charge in [0.05, 0.1) is 11.8 Å².